The van der Waals surface area contributed by atoms with Gasteiger partial charge in [0, 0.05) is 26.3 Å². The Hall–Kier alpha value is -5.12. The fourth-order valence-corrected chi connectivity index (χ4v) is 5.27. The minimum atomic E-state index is -0.496. The number of anilines is 2. The van der Waals surface area contributed by atoms with E-state index in [9.17, 15) is 14.4 Å². The number of carbonyl (C=O) groups is 3. The molecule has 0 spiro atoms. The second-order valence-corrected chi connectivity index (χ2v) is 12.0. The van der Waals surface area contributed by atoms with Crippen LogP contribution < -0.4 is 20.7 Å². The second kappa shape index (κ2) is 16.3. The van der Waals surface area contributed by atoms with E-state index in [0.717, 1.165) is 14.9 Å². The van der Waals surface area contributed by atoms with Gasteiger partial charge >= 0.3 is 0 Å². The van der Waals surface area contributed by atoms with Gasteiger partial charge in [0.2, 0.25) is 5.91 Å². The predicted molar refractivity (Wildman–Crippen MR) is 188 cm³/mol. The minimum Gasteiger partial charge on any atom is -0.489 e. The van der Waals surface area contributed by atoms with Gasteiger partial charge in [-0.25, -0.2) is 0 Å². The van der Waals surface area contributed by atoms with Crippen LogP contribution in [0.2, 0.25) is 0 Å². The molecule has 9 heteroatoms. The van der Waals surface area contributed by atoms with E-state index in [2.05, 4.69) is 31.9 Å². The van der Waals surface area contributed by atoms with Gasteiger partial charge < -0.3 is 20.7 Å². The van der Waals surface area contributed by atoms with Crippen molar-refractivity contribution in [2.45, 2.75) is 11.5 Å². The largest absolute Gasteiger partial charge is 0.489 e. The first kappa shape index (κ1) is 32.3. The lowest BCUT2D eigenvalue weighted by molar-refractivity contribution is -0.114. The molecule has 0 aliphatic carbocycles. The zero-order chi connectivity index (χ0) is 32.1. The van der Waals surface area contributed by atoms with Crippen LogP contribution in [-0.2, 0) is 16.2 Å². The predicted octanol–water partition coefficient (Wildman–Crippen LogP) is 8.17. The molecule has 230 valence electrons. The van der Waals surface area contributed by atoms with Crippen molar-refractivity contribution in [2.75, 3.05) is 16.4 Å². The highest BCUT2D eigenvalue weighted by Gasteiger charge is 2.16. The molecule has 0 fully saturated rings. The fourth-order valence-electron chi connectivity index (χ4n) is 4.25. The summed E-state index contributed by atoms with van der Waals surface area (Å²) in [7, 11) is 0. The number of halogens is 1. The fraction of sp³-hybridized carbons (Fsp3) is 0.0541. The van der Waals surface area contributed by atoms with Crippen LogP contribution >= 0.6 is 27.7 Å². The topological polar surface area (TPSA) is 96.5 Å². The molecule has 0 bridgehead atoms. The standard InChI is InChI=1S/C37H30BrN3O4S/c38-29-16-18-30(19-17-29)39-35(42)25-46-33-13-7-12-31(23-33)40-37(44)34(41-36(43)28-10-5-2-6-11-28)22-26-14-20-32(21-15-26)45-24-27-8-3-1-4-9-27/h1-23H,24-25H2,(H,39,42)(H,40,44)(H,41,43)/b34-22-. The van der Waals surface area contributed by atoms with Crippen molar-refractivity contribution < 1.29 is 19.1 Å². The van der Waals surface area contributed by atoms with Crippen LogP contribution in [0.25, 0.3) is 6.08 Å². The van der Waals surface area contributed by atoms with Gasteiger partial charge in [-0.15, -0.1) is 11.8 Å². The van der Waals surface area contributed by atoms with Gasteiger partial charge in [0.1, 0.15) is 18.1 Å². The van der Waals surface area contributed by atoms with Crippen LogP contribution in [0.4, 0.5) is 11.4 Å². The first-order valence-electron chi connectivity index (χ1n) is 14.4. The Kier molecular flexibility index (Phi) is 11.4. The number of hydrogen-bond donors (Lipinski definition) is 3. The molecular formula is C37H30BrN3O4S. The molecule has 0 heterocycles. The maximum absolute atomic E-state index is 13.5. The van der Waals surface area contributed by atoms with Crippen molar-refractivity contribution in [3.63, 3.8) is 0 Å². The van der Waals surface area contributed by atoms with Crippen molar-refractivity contribution >= 4 is 62.9 Å². The van der Waals surface area contributed by atoms with E-state index in [-0.39, 0.29) is 17.4 Å². The van der Waals surface area contributed by atoms with Crippen LogP contribution in [-0.4, -0.2) is 23.5 Å². The molecule has 46 heavy (non-hydrogen) atoms. The zero-order valence-corrected chi connectivity index (χ0v) is 27.0. The minimum absolute atomic E-state index is 0.0683. The summed E-state index contributed by atoms with van der Waals surface area (Å²) in [6.45, 7) is 0.435. The van der Waals surface area contributed by atoms with Crippen molar-refractivity contribution in [3.05, 3.63) is 160 Å². The Bertz CT molecular complexity index is 1810. The van der Waals surface area contributed by atoms with E-state index in [1.54, 1.807) is 48.5 Å². The van der Waals surface area contributed by atoms with E-state index in [1.165, 1.54) is 11.8 Å². The zero-order valence-electron chi connectivity index (χ0n) is 24.6. The first-order valence-corrected chi connectivity index (χ1v) is 16.1. The van der Waals surface area contributed by atoms with E-state index in [0.29, 0.717) is 34.9 Å². The summed E-state index contributed by atoms with van der Waals surface area (Å²) in [6.07, 6.45) is 1.61. The summed E-state index contributed by atoms with van der Waals surface area (Å²) >= 11 is 4.73. The molecule has 0 aliphatic rings. The number of ether oxygens (including phenoxy) is 1. The van der Waals surface area contributed by atoms with Crippen molar-refractivity contribution in [2.24, 2.45) is 0 Å². The lowest BCUT2D eigenvalue weighted by atomic mass is 10.1. The van der Waals surface area contributed by atoms with E-state index in [4.69, 9.17) is 4.74 Å². The van der Waals surface area contributed by atoms with Gasteiger partial charge in [0.25, 0.3) is 11.8 Å². The number of nitrogens with one attached hydrogen (secondary N) is 3. The number of rotatable bonds is 12. The molecule has 0 unspecified atom stereocenters. The molecule has 5 rings (SSSR count). The normalized spacial score (nSPS) is 10.9. The highest BCUT2D eigenvalue weighted by molar-refractivity contribution is 9.10. The summed E-state index contributed by atoms with van der Waals surface area (Å²) in [5.41, 5.74) is 3.48. The number of thioether (sulfide) groups is 1. The number of benzene rings is 5. The molecule has 0 atom stereocenters. The Morgan fingerprint density at radius 1 is 0.717 bits per heavy atom. The molecule has 0 aliphatic heterocycles. The Balaban J connectivity index is 1.26. The Morgan fingerprint density at radius 2 is 1.41 bits per heavy atom. The van der Waals surface area contributed by atoms with Gasteiger partial charge in [-0.3, -0.25) is 14.4 Å². The number of amides is 3. The third-order valence-electron chi connectivity index (χ3n) is 6.56. The van der Waals surface area contributed by atoms with Crippen LogP contribution in [0, 0.1) is 0 Å². The monoisotopic (exact) mass is 691 g/mol. The third kappa shape index (κ3) is 9.95. The lowest BCUT2D eigenvalue weighted by Crippen LogP contribution is -2.30. The first-order chi connectivity index (χ1) is 22.4. The highest BCUT2D eigenvalue weighted by atomic mass is 79.9. The highest BCUT2D eigenvalue weighted by Crippen LogP contribution is 2.23. The summed E-state index contributed by atoms with van der Waals surface area (Å²) in [5.74, 6) is -0.182. The molecule has 3 N–H and O–H groups in total. The van der Waals surface area contributed by atoms with E-state index >= 15 is 0 Å². The molecule has 0 saturated carbocycles. The van der Waals surface area contributed by atoms with Gasteiger partial charge in [0.05, 0.1) is 5.75 Å². The van der Waals surface area contributed by atoms with E-state index in [1.807, 2.05) is 91.0 Å². The van der Waals surface area contributed by atoms with Gasteiger partial charge in [-0.1, -0.05) is 82.7 Å². The molecule has 0 aromatic heterocycles. The molecule has 0 saturated heterocycles. The van der Waals surface area contributed by atoms with Crippen molar-refractivity contribution in [1.29, 1.82) is 0 Å². The smallest absolute Gasteiger partial charge is 0.272 e. The third-order valence-corrected chi connectivity index (χ3v) is 8.08. The van der Waals surface area contributed by atoms with Gasteiger partial charge in [0.15, 0.2) is 0 Å². The summed E-state index contributed by atoms with van der Waals surface area (Å²) in [4.78, 5) is 39.8. The van der Waals surface area contributed by atoms with Crippen LogP contribution in [0.5, 0.6) is 5.75 Å². The molecule has 3 amide bonds. The maximum Gasteiger partial charge on any atom is 0.272 e. The molecule has 0 radical (unpaired) electrons. The summed E-state index contributed by atoms with van der Waals surface area (Å²) < 4.78 is 6.81. The van der Waals surface area contributed by atoms with Crippen molar-refractivity contribution in [1.82, 2.24) is 5.32 Å². The average Bonchev–Trinajstić information content (AvgIpc) is 3.09. The van der Waals surface area contributed by atoms with Crippen LogP contribution in [0.3, 0.4) is 0 Å². The number of carbonyl (C=O) groups excluding carboxylic acids is 3. The molecule has 5 aromatic rings. The quantitative estimate of drug-likeness (QED) is 0.0906. The summed E-state index contributed by atoms with van der Waals surface area (Å²) in [6, 6.07) is 40.4. The van der Waals surface area contributed by atoms with Crippen LogP contribution in [0.15, 0.2) is 149 Å². The SMILES string of the molecule is O=C(CSc1cccc(NC(=O)/C(=C/c2ccc(OCc3ccccc3)cc2)NC(=O)c2ccccc2)c1)Nc1ccc(Br)cc1. The van der Waals surface area contributed by atoms with Crippen LogP contribution in [0.1, 0.15) is 21.5 Å². The Labute approximate surface area is 280 Å². The Morgan fingerprint density at radius 3 is 2.13 bits per heavy atom. The summed E-state index contributed by atoms with van der Waals surface area (Å²) in [5, 5.41) is 8.51. The number of hydrogen-bond acceptors (Lipinski definition) is 5. The lowest BCUT2D eigenvalue weighted by Gasteiger charge is -2.12. The van der Waals surface area contributed by atoms with Crippen molar-refractivity contribution in [3.8, 4) is 5.75 Å². The molecule has 5 aromatic carbocycles. The second-order valence-electron chi connectivity index (χ2n) is 10.0. The van der Waals surface area contributed by atoms with E-state index < -0.39 is 11.8 Å². The van der Waals surface area contributed by atoms with Gasteiger partial charge in [-0.2, -0.15) is 0 Å². The maximum atomic E-state index is 13.5. The molecular weight excluding hydrogens is 662 g/mol. The molecule has 7 nitrogen and oxygen atoms in total. The average molecular weight is 693 g/mol. The van der Waals surface area contributed by atoms with Gasteiger partial charge in [-0.05, 0) is 83.9 Å².